The molecule has 1 aromatic carbocycles. The van der Waals surface area contributed by atoms with E-state index in [0.29, 0.717) is 0 Å². The van der Waals surface area contributed by atoms with Gasteiger partial charge in [-0.05, 0) is 25.5 Å². The average molecular weight is 261 g/mol. The van der Waals surface area contributed by atoms with Crippen molar-refractivity contribution < 1.29 is 4.79 Å². The van der Waals surface area contributed by atoms with E-state index in [1.54, 1.807) is 0 Å². The maximum atomic E-state index is 11.2. The van der Waals surface area contributed by atoms with Crippen molar-refractivity contribution >= 4 is 12.1 Å². The summed E-state index contributed by atoms with van der Waals surface area (Å²) in [5.74, 6) is 0. The summed E-state index contributed by atoms with van der Waals surface area (Å²) in [7, 11) is 0. The standard InChI is InChI=1S/C15H23N3O/c1-3-14(2)18(13-19)17-11-9-16(10-12-17)15-7-5-4-6-8-15/h4-8,13-14H,3,9-12H2,1-2H3. The number of carbonyl (C=O) groups is 1. The van der Waals surface area contributed by atoms with Crippen molar-refractivity contribution in [3.63, 3.8) is 0 Å². The molecule has 0 radical (unpaired) electrons. The molecule has 19 heavy (non-hydrogen) atoms. The second-order valence-corrected chi connectivity index (χ2v) is 5.02. The van der Waals surface area contributed by atoms with Crippen LogP contribution in [0.3, 0.4) is 0 Å². The van der Waals surface area contributed by atoms with Gasteiger partial charge in [0.25, 0.3) is 0 Å². The quantitative estimate of drug-likeness (QED) is 0.758. The van der Waals surface area contributed by atoms with Crippen LogP contribution in [0.1, 0.15) is 20.3 Å². The number of hydrogen-bond donors (Lipinski definition) is 0. The molecule has 0 saturated carbocycles. The zero-order valence-electron chi connectivity index (χ0n) is 11.8. The molecular weight excluding hydrogens is 238 g/mol. The Morgan fingerprint density at radius 1 is 1.21 bits per heavy atom. The zero-order chi connectivity index (χ0) is 13.7. The summed E-state index contributed by atoms with van der Waals surface area (Å²) in [4.78, 5) is 13.6. The lowest BCUT2D eigenvalue weighted by Crippen LogP contribution is -2.55. The third-order valence-electron chi connectivity index (χ3n) is 3.85. The first-order valence-electron chi connectivity index (χ1n) is 7.04. The molecule has 1 amide bonds. The zero-order valence-corrected chi connectivity index (χ0v) is 11.8. The number of hydrogen-bond acceptors (Lipinski definition) is 3. The summed E-state index contributed by atoms with van der Waals surface area (Å²) in [5, 5.41) is 4.02. The lowest BCUT2D eigenvalue weighted by molar-refractivity contribution is -0.140. The predicted octanol–water partition coefficient (Wildman–Crippen LogP) is 1.98. The highest BCUT2D eigenvalue weighted by atomic mass is 16.1. The molecule has 1 saturated heterocycles. The molecule has 0 aliphatic carbocycles. The number of nitrogens with zero attached hydrogens (tertiary/aromatic N) is 3. The van der Waals surface area contributed by atoms with E-state index in [1.807, 2.05) is 11.1 Å². The highest BCUT2D eigenvalue weighted by Crippen LogP contribution is 2.17. The second kappa shape index (κ2) is 6.57. The van der Waals surface area contributed by atoms with Gasteiger partial charge in [0, 0.05) is 37.9 Å². The Morgan fingerprint density at radius 2 is 1.84 bits per heavy atom. The van der Waals surface area contributed by atoms with Crippen LogP contribution in [0, 0.1) is 0 Å². The summed E-state index contributed by atoms with van der Waals surface area (Å²) >= 11 is 0. The van der Waals surface area contributed by atoms with Gasteiger partial charge in [-0.25, -0.2) is 5.01 Å². The van der Waals surface area contributed by atoms with E-state index < -0.39 is 0 Å². The van der Waals surface area contributed by atoms with Crippen LogP contribution in [0.5, 0.6) is 0 Å². The van der Waals surface area contributed by atoms with Gasteiger partial charge in [0.15, 0.2) is 0 Å². The van der Waals surface area contributed by atoms with Gasteiger partial charge in [0.2, 0.25) is 6.41 Å². The van der Waals surface area contributed by atoms with Gasteiger partial charge in [-0.3, -0.25) is 9.80 Å². The van der Waals surface area contributed by atoms with E-state index in [9.17, 15) is 4.79 Å². The molecule has 4 heteroatoms. The van der Waals surface area contributed by atoms with Crippen LogP contribution in [0.15, 0.2) is 30.3 Å². The van der Waals surface area contributed by atoms with E-state index in [-0.39, 0.29) is 6.04 Å². The Morgan fingerprint density at radius 3 is 2.37 bits per heavy atom. The maximum Gasteiger partial charge on any atom is 0.224 e. The minimum atomic E-state index is 0.278. The van der Waals surface area contributed by atoms with Gasteiger partial charge >= 0.3 is 0 Å². The number of para-hydroxylation sites is 1. The molecule has 1 fully saturated rings. The van der Waals surface area contributed by atoms with E-state index in [2.05, 4.69) is 48.0 Å². The summed E-state index contributed by atoms with van der Waals surface area (Å²) in [6.45, 7) is 7.94. The molecule has 1 aliphatic rings. The molecule has 1 aliphatic heterocycles. The van der Waals surface area contributed by atoms with Gasteiger partial charge in [-0.2, -0.15) is 0 Å². The van der Waals surface area contributed by atoms with E-state index in [4.69, 9.17) is 0 Å². The molecule has 0 N–H and O–H groups in total. The van der Waals surface area contributed by atoms with Crippen LogP contribution in [0.4, 0.5) is 5.69 Å². The van der Waals surface area contributed by atoms with E-state index in [1.165, 1.54) is 5.69 Å². The largest absolute Gasteiger partial charge is 0.369 e. The van der Waals surface area contributed by atoms with Crippen LogP contribution in [0.2, 0.25) is 0 Å². The van der Waals surface area contributed by atoms with Crippen molar-refractivity contribution in [1.82, 2.24) is 10.0 Å². The van der Waals surface area contributed by atoms with Crippen molar-refractivity contribution in [2.24, 2.45) is 0 Å². The Bertz CT molecular complexity index is 388. The summed E-state index contributed by atoms with van der Waals surface area (Å²) < 4.78 is 0. The molecular formula is C15H23N3O. The Kier molecular flexibility index (Phi) is 4.80. The van der Waals surface area contributed by atoms with Crippen molar-refractivity contribution in [1.29, 1.82) is 0 Å². The highest BCUT2D eigenvalue weighted by Gasteiger charge is 2.23. The Balaban J connectivity index is 1.93. The first kappa shape index (κ1) is 13.9. The van der Waals surface area contributed by atoms with Crippen LogP contribution < -0.4 is 4.90 Å². The minimum Gasteiger partial charge on any atom is -0.369 e. The third kappa shape index (κ3) is 3.26. The normalized spacial score (nSPS) is 18.1. The maximum absolute atomic E-state index is 11.2. The predicted molar refractivity (Wildman–Crippen MR) is 77.9 cm³/mol. The number of amides is 1. The highest BCUT2D eigenvalue weighted by molar-refractivity contribution is 5.48. The van der Waals surface area contributed by atoms with Gasteiger partial charge in [-0.1, -0.05) is 25.1 Å². The van der Waals surface area contributed by atoms with Crippen LogP contribution in [-0.2, 0) is 4.79 Å². The fourth-order valence-corrected chi connectivity index (χ4v) is 2.46. The molecule has 4 nitrogen and oxygen atoms in total. The monoisotopic (exact) mass is 261 g/mol. The first-order chi connectivity index (χ1) is 9.26. The minimum absolute atomic E-state index is 0.278. The first-order valence-corrected chi connectivity index (χ1v) is 7.04. The summed E-state index contributed by atoms with van der Waals surface area (Å²) in [5.41, 5.74) is 1.27. The van der Waals surface area contributed by atoms with Gasteiger partial charge in [0.05, 0.1) is 0 Å². The molecule has 1 atom stereocenters. The van der Waals surface area contributed by atoms with E-state index >= 15 is 0 Å². The fourth-order valence-electron chi connectivity index (χ4n) is 2.46. The summed E-state index contributed by atoms with van der Waals surface area (Å²) in [6.07, 6.45) is 1.95. The third-order valence-corrected chi connectivity index (χ3v) is 3.85. The molecule has 1 aromatic rings. The number of rotatable bonds is 5. The van der Waals surface area contributed by atoms with E-state index in [0.717, 1.165) is 39.0 Å². The lowest BCUT2D eigenvalue weighted by atomic mass is 10.2. The molecule has 0 bridgehead atoms. The number of anilines is 1. The Labute approximate surface area is 115 Å². The average Bonchev–Trinajstić information content (AvgIpc) is 2.49. The lowest BCUT2D eigenvalue weighted by Gasteiger charge is -2.42. The van der Waals surface area contributed by atoms with Crippen molar-refractivity contribution in [3.8, 4) is 0 Å². The second-order valence-electron chi connectivity index (χ2n) is 5.02. The van der Waals surface area contributed by atoms with Crippen molar-refractivity contribution in [3.05, 3.63) is 30.3 Å². The topological polar surface area (TPSA) is 26.8 Å². The van der Waals surface area contributed by atoms with Gasteiger partial charge < -0.3 is 4.90 Å². The molecule has 2 rings (SSSR count). The molecule has 0 aromatic heterocycles. The number of carbonyl (C=O) groups excluding carboxylic acids is 1. The molecule has 104 valence electrons. The van der Waals surface area contributed by atoms with Crippen LogP contribution in [0.25, 0.3) is 0 Å². The number of hydrazine groups is 1. The van der Waals surface area contributed by atoms with Crippen LogP contribution in [-0.4, -0.2) is 48.6 Å². The number of piperazine rings is 1. The molecule has 0 spiro atoms. The van der Waals surface area contributed by atoms with Crippen molar-refractivity contribution in [2.75, 3.05) is 31.1 Å². The number of benzene rings is 1. The van der Waals surface area contributed by atoms with Gasteiger partial charge in [0.1, 0.15) is 0 Å². The molecule has 1 heterocycles. The van der Waals surface area contributed by atoms with Crippen molar-refractivity contribution in [2.45, 2.75) is 26.3 Å². The van der Waals surface area contributed by atoms with Gasteiger partial charge in [-0.15, -0.1) is 0 Å². The fraction of sp³-hybridized carbons (Fsp3) is 0.533. The Hall–Kier alpha value is -1.55. The SMILES string of the molecule is CCC(C)N(C=O)N1CCN(c2ccccc2)CC1. The smallest absolute Gasteiger partial charge is 0.224 e. The van der Waals surface area contributed by atoms with Crippen LogP contribution >= 0.6 is 0 Å². The summed E-state index contributed by atoms with van der Waals surface area (Å²) in [6, 6.07) is 10.7. The molecule has 1 unspecified atom stereocenters.